The van der Waals surface area contributed by atoms with E-state index in [1.165, 1.54) is 11.8 Å². The van der Waals surface area contributed by atoms with E-state index in [4.69, 9.17) is 11.6 Å². The Balaban J connectivity index is 1.71. The summed E-state index contributed by atoms with van der Waals surface area (Å²) >= 11 is 7.33. The summed E-state index contributed by atoms with van der Waals surface area (Å²) in [4.78, 5) is 17.5. The summed E-state index contributed by atoms with van der Waals surface area (Å²) in [5.74, 6) is -0.136. The Labute approximate surface area is 160 Å². The number of hydrogen-bond acceptors (Lipinski definition) is 3. The van der Waals surface area contributed by atoms with E-state index in [0.29, 0.717) is 20.8 Å². The highest BCUT2D eigenvalue weighted by Gasteiger charge is 2.25. The maximum absolute atomic E-state index is 12.4. The number of amides is 1. The number of aliphatic imine (C=N–C) groups is 1. The van der Waals surface area contributed by atoms with Crippen LogP contribution in [0.1, 0.15) is 11.3 Å². The van der Waals surface area contributed by atoms with Crippen LogP contribution in [0.4, 0.5) is 5.69 Å². The average Bonchev–Trinajstić information content (AvgIpc) is 3.08. The van der Waals surface area contributed by atoms with Crippen LogP contribution in [0.25, 0.3) is 17.0 Å². The Hall–Kier alpha value is -2.50. The molecule has 1 fully saturated rings. The third-order valence-corrected chi connectivity index (χ3v) is 5.56. The van der Waals surface area contributed by atoms with Gasteiger partial charge in [-0.3, -0.25) is 4.79 Å². The zero-order chi connectivity index (χ0) is 18.3. The van der Waals surface area contributed by atoms with E-state index in [2.05, 4.69) is 33.9 Å². The smallest absolute Gasteiger partial charge is 0.264 e. The minimum Gasteiger partial charge on any atom is -0.347 e. The monoisotopic (exact) mass is 381 g/mol. The summed E-state index contributed by atoms with van der Waals surface area (Å²) < 4.78 is 2.14. The standard InChI is InChI=1S/C20H16ClN3OS/c1-12-16(15-8-3-4-9-17(15)24(12)2)11-18-19(25)23-20(26-18)22-14-7-5-6-13(21)10-14/h3-11H,1-2H3,(H,22,23,25)/b18-11-. The predicted octanol–water partition coefficient (Wildman–Crippen LogP) is 5.03. The first-order valence-corrected chi connectivity index (χ1v) is 9.31. The lowest BCUT2D eigenvalue weighted by Crippen LogP contribution is -2.19. The number of aryl methyl sites for hydroxylation is 1. The molecule has 1 aliphatic rings. The second-order valence-corrected chi connectivity index (χ2v) is 7.50. The molecule has 2 heterocycles. The van der Waals surface area contributed by atoms with Crippen molar-refractivity contribution in [2.24, 2.45) is 12.0 Å². The van der Waals surface area contributed by atoms with Crippen molar-refractivity contribution in [3.8, 4) is 0 Å². The van der Waals surface area contributed by atoms with Gasteiger partial charge in [0.2, 0.25) is 0 Å². The molecule has 0 spiro atoms. The lowest BCUT2D eigenvalue weighted by atomic mass is 10.1. The number of hydrogen-bond donors (Lipinski definition) is 1. The molecule has 3 aromatic rings. The number of para-hydroxylation sites is 1. The van der Waals surface area contributed by atoms with Crippen LogP contribution in [0, 0.1) is 6.92 Å². The highest BCUT2D eigenvalue weighted by Crippen LogP contribution is 2.32. The van der Waals surface area contributed by atoms with Crippen LogP contribution >= 0.6 is 23.4 Å². The first-order chi connectivity index (χ1) is 12.5. The molecule has 0 atom stereocenters. The third kappa shape index (κ3) is 3.04. The molecule has 0 saturated carbocycles. The van der Waals surface area contributed by atoms with E-state index >= 15 is 0 Å². The molecule has 1 N–H and O–H groups in total. The van der Waals surface area contributed by atoms with Crippen molar-refractivity contribution >= 4 is 57.1 Å². The molecule has 2 aromatic carbocycles. The molecule has 4 nitrogen and oxygen atoms in total. The second kappa shape index (κ2) is 6.67. The van der Waals surface area contributed by atoms with Crippen molar-refractivity contribution in [3.63, 3.8) is 0 Å². The van der Waals surface area contributed by atoms with Crippen LogP contribution in [-0.4, -0.2) is 15.6 Å². The van der Waals surface area contributed by atoms with Crippen LogP contribution in [-0.2, 0) is 11.8 Å². The number of thioether (sulfide) groups is 1. The number of fused-ring (bicyclic) bond motifs is 1. The first-order valence-electron chi connectivity index (χ1n) is 8.12. The molecular formula is C20H16ClN3OS. The summed E-state index contributed by atoms with van der Waals surface area (Å²) in [5, 5.41) is 5.13. The van der Waals surface area contributed by atoms with Gasteiger partial charge in [0.1, 0.15) is 0 Å². The molecule has 1 amide bonds. The second-order valence-electron chi connectivity index (χ2n) is 6.04. The first kappa shape index (κ1) is 16.9. The van der Waals surface area contributed by atoms with E-state index in [0.717, 1.165) is 22.2 Å². The van der Waals surface area contributed by atoms with Gasteiger partial charge in [-0.15, -0.1) is 0 Å². The van der Waals surface area contributed by atoms with Gasteiger partial charge >= 0.3 is 0 Å². The van der Waals surface area contributed by atoms with Crippen LogP contribution in [0.3, 0.4) is 0 Å². The largest absolute Gasteiger partial charge is 0.347 e. The number of halogens is 1. The quantitative estimate of drug-likeness (QED) is 0.632. The topological polar surface area (TPSA) is 46.4 Å². The Kier molecular flexibility index (Phi) is 4.34. The number of carbonyl (C=O) groups excluding carboxylic acids is 1. The van der Waals surface area contributed by atoms with Gasteiger partial charge in [0.05, 0.1) is 10.6 Å². The molecule has 1 aliphatic heterocycles. The fraction of sp³-hybridized carbons (Fsp3) is 0.100. The molecule has 6 heteroatoms. The summed E-state index contributed by atoms with van der Waals surface area (Å²) in [6.45, 7) is 2.06. The number of rotatable bonds is 2. The summed E-state index contributed by atoms with van der Waals surface area (Å²) in [7, 11) is 2.04. The van der Waals surface area contributed by atoms with E-state index in [1.807, 2.05) is 37.4 Å². The number of carbonyl (C=O) groups is 1. The molecule has 1 aromatic heterocycles. The number of aromatic nitrogens is 1. The van der Waals surface area contributed by atoms with Gasteiger partial charge in [0.25, 0.3) is 5.91 Å². The van der Waals surface area contributed by atoms with E-state index in [9.17, 15) is 4.79 Å². The normalized spacial score (nSPS) is 17.4. The van der Waals surface area contributed by atoms with Crippen molar-refractivity contribution in [2.75, 3.05) is 0 Å². The summed E-state index contributed by atoms with van der Waals surface area (Å²) in [6, 6.07) is 15.4. The maximum Gasteiger partial charge on any atom is 0.264 e. The number of benzene rings is 2. The van der Waals surface area contributed by atoms with Crippen LogP contribution < -0.4 is 5.32 Å². The van der Waals surface area contributed by atoms with Gasteiger partial charge < -0.3 is 9.88 Å². The SMILES string of the molecule is Cc1c(/C=C2\SC(=Nc3cccc(Cl)c3)NC2=O)c2ccccc2n1C. The summed E-state index contributed by atoms with van der Waals surface area (Å²) in [6.07, 6.45) is 1.94. The number of nitrogens with zero attached hydrogens (tertiary/aromatic N) is 2. The highest BCUT2D eigenvalue weighted by molar-refractivity contribution is 8.18. The van der Waals surface area contributed by atoms with Crippen LogP contribution in [0.15, 0.2) is 58.4 Å². The van der Waals surface area contributed by atoms with Crippen molar-refractivity contribution in [1.82, 2.24) is 9.88 Å². The fourth-order valence-corrected chi connectivity index (χ4v) is 4.01. The lowest BCUT2D eigenvalue weighted by molar-refractivity contribution is -0.115. The zero-order valence-electron chi connectivity index (χ0n) is 14.3. The van der Waals surface area contributed by atoms with Crippen molar-refractivity contribution in [1.29, 1.82) is 0 Å². The maximum atomic E-state index is 12.4. The molecule has 0 unspecified atom stereocenters. The molecule has 130 valence electrons. The Bertz CT molecular complexity index is 1100. The summed E-state index contributed by atoms with van der Waals surface area (Å²) in [5.41, 5.74) is 4.04. The van der Waals surface area contributed by atoms with E-state index in [-0.39, 0.29) is 5.91 Å². The molecule has 1 saturated heterocycles. The van der Waals surface area contributed by atoms with Gasteiger partial charge in [0, 0.05) is 34.2 Å². The number of nitrogens with one attached hydrogen (secondary N) is 1. The molecule has 4 rings (SSSR count). The van der Waals surface area contributed by atoms with Crippen LogP contribution in [0.2, 0.25) is 5.02 Å². The molecular weight excluding hydrogens is 366 g/mol. The van der Waals surface area contributed by atoms with Gasteiger partial charge in [-0.1, -0.05) is 35.9 Å². The molecule has 26 heavy (non-hydrogen) atoms. The third-order valence-electron chi connectivity index (χ3n) is 4.41. The van der Waals surface area contributed by atoms with Crippen molar-refractivity contribution in [3.05, 3.63) is 69.7 Å². The van der Waals surface area contributed by atoms with Crippen molar-refractivity contribution < 1.29 is 4.79 Å². The van der Waals surface area contributed by atoms with Crippen molar-refractivity contribution in [2.45, 2.75) is 6.92 Å². The lowest BCUT2D eigenvalue weighted by Gasteiger charge is -1.98. The minimum atomic E-state index is -0.136. The fourth-order valence-electron chi connectivity index (χ4n) is 3.01. The van der Waals surface area contributed by atoms with E-state index < -0.39 is 0 Å². The Morgan fingerprint density at radius 1 is 1.19 bits per heavy atom. The predicted molar refractivity (Wildman–Crippen MR) is 110 cm³/mol. The molecule has 0 radical (unpaired) electrons. The molecule has 0 aliphatic carbocycles. The average molecular weight is 382 g/mol. The molecule has 0 bridgehead atoms. The number of amidine groups is 1. The van der Waals surface area contributed by atoms with Gasteiger partial charge in [0.15, 0.2) is 5.17 Å². The Morgan fingerprint density at radius 2 is 2.00 bits per heavy atom. The van der Waals surface area contributed by atoms with Gasteiger partial charge in [-0.05, 0) is 49.0 Å². The minimum absolute atomic E-state index is 0.136. The van der Waals surface area contributed by atoms with Gasteiger partial charge in [-0.2, -0.15) is 0 Å². The van der Waals surface area contributed by atoms with Gasteiger partial charge in [-0.25, -0.2) is 4.99 Å². The highest BCUT2D eigenvalue weighted by atomic mass is 35.5. The van der Waals surface area contributed by atoms with Crippen LogP contribution in [0.5, 0.6) is 0 Å². The zero-order valence-corrected chi connectivity index (χ0v) is 15.9. The van der Waals surface area contributed by atoms with E-state index in [1.54, 1.807) is 12.1 Å². The Morgan fingerprint density at radius 3 is 2.81 bits per heavy atom.